The number of carbonyl (C=O) groups excluding carboxylic acids is 2. The lowest BCUT2D eigenvalue weighted by molar-refractivity contribution is -0.139. The van der Waals surface area contributed by atoms with Gasteiger partial charge in [0.25, 0.3) is 0 Å². The van der Waals surface area contributed by atoms with Crippen molar-refractivity contribution in [3.63, 3.8) is 0 Å². The van der Waals surface area contributed by atoms with Crippen molar-refractivity contribution < 1.29 is 23.8 Å². The average Bonchev–Trinajstić information content (AvgIpc) is 2.96. The van der Waals surface area contributed by atoms with Gasteiger partial charge in [-0.25, -0.2) is 9.59 Å². The fourth-order valence-corrected chi connectivity index (χ4v) is 4.39. The van der Waals surface area contributed by atoms with Gasteiger partial charge >= 0.3 is 11.9 Å². The van der Waals surface area contributed by atoms with E-state index in [0.717, 1.165) is 11.1 Å². The molecule has 0 fully saturated rings. The monoisotopic (exact) mass is 495 g/mol. The normalized spacial score (nSPS) is 15.2. The minimum Gasteiger partial charge on any atom is -0.497 e. The lowest BCUT2D eigenvalue weighted by atomic mass is 9.81. The minimum atomic E-state index is -0.922. The number of hydrogen-bond donors (Lipinski definition) is 1. The lowest BCUT2D eigenvalue weighted by Crippen LogP contribution is -2.40. The maximum atomic E-state index is 13.2. The highest BCUT2D eigenvalue weighted by molar-refractivity contribution is 6.06. The van der Waals surface area contributed by atoms with Gasteiger partial charge in [-0.05, 0) is 41.0 Å². The van der Waals surface area contributed by atoms with Gasteiger partial charge in [0.05, 0.1) is 44.5 Å². The number of carbonyl (C=O) groups is 2. The Bertz CT molecular complexity index is 1440. The molecule has 1 atom stereocenters. The van der Waals surface area contributed by atoms with Crippen LogP contribution in [0.2, 0.25) is 0 Å². The maximum Gasteiger partial charge on any atom is 0.355 e. The molecule has 0 amide bonds. The van der Waals surface area contributed by atoms with Gasteiger partial charge in [0.15, 0.2) is 0 Å². The zero-order valence-electron chi connectivity index (χ0n) is 20.6. The summed E-state index contributed by atoms with van der Waals surface area (Å²) in [5, 5.41) is 10.2. The first kappa shape index (κ1) is 25.1. The third kappa shape index (κ3) is 4.62. The molecule has 0 aromatic heterocycles. The number of nitrogens with zero attached hydrogens (tertiary/aromatic N) is 2. The molecule has 0 aliphatic carbocycles. The second kappa shape index (κ2) is 10.7. The summed E-state index contributed by atoms with van der Waals surface area (Å²) in [6, 6.07) is 25.7. The molecule has 3 aromatic rings. The number of rotatable bonds is 6. The summed E-state index contributed by atoms with van der Waals surface area (Å²) in [5.74, 6) is -1.76. The van der Waals surface area contributed by atoms with Crippen LogP contribution in [-0.4, -0.2) is 33.3 Å². The van der Waals surface area contributed by atoms with Crippen LogP contribution in [-0.2, 0) is 19.1 Å². The fourth-order valence-electron chi connectivity index (χ4n) is 4.39. The maximum absolute atomic E-state index is 13.2. The summed E-state index contributed by atoms with van der Waals surface area (Å²) in [6.45, 7) is 0. The number of benzene rings is 3. The van der Waals surface area contributed by atoms with E-state index in [9.17, 15) is 14.9 Å². The predicted octanol–water partition coefficient (Wildman–Crippen LogP) is 4.26. The first-order chi connectivity index (χ1) is 17.9. The Labute approximate surface area is 214 Å². The van der Waals surface area contributed by atoms with Crippen LogP contribution >= 0.6 is 0 Å². The van der Waals surface area contributed by atoms with Crippen LogP contribution in [0.3, 0.4) is 0 Å². The Kier molecular flexibility index (Phi) is 7.26. The van der Waals surface area contributed by atoms with E-state index in [1.54, 1.807) is 43.5 Å². The predicted molar refractivity (Wildman–Crippen MR) is 138 cm³/mol. The van der Waals surface area contributed by atoms with Crippen LogP contribution in [0.4, 0.5) is 5.69 Å². The van der Waals surface area contributed by atoms with Gasteiger partial charge in [-0.1, -0.05) is 54.6 Å². The molecule has 0 radical (unpaired) electrons. The van der Waals surface area contributed by atoms with Gasteiger partial charge in [-0.3, -0.25) is 4.90 Å². The second-order valence-corrected chi connectivity index (χ2v) is 8.11. The van der Waals surface area contributed by atoms with Crippen molar-refractivity contribution in [3.05, 3.63) is 107 Å². The van der Waals surface area contributed by atoms with Crippen molar-refractivity contribution in [2.45, 2.75) is 5.92 Å². The van der Waals surface area contributed by atoms with Crippen LogP contribution in [0.5, 0.6) is 5.75 Å². The molecule has 0 bridgehead atoms. The van der Waals surface area contributed by atoms with Crippen molar-refractivity contribution in [1.29, 1.82) is 5.26 Å². The molecule has 2 N–H and O–H groups in total. The Hall–Kier alpha value is -5.03. The first-order valence-electron chi connectivity index (χ1n) is 11.3. The van der Waals surface area contributed by atoms with E-state index in [0.29, 0.717) is 17.0 Å². The molecule has 0 saturated heterocycles. The Morgan fingerprint density at radius 2 is 1.54 bits per heavy atom. The van der Waals surface area contributed by atoms with Crippen molar-refractivity contribution in [2.75, 3.05) is 26.2 Å². The van der Waals surface area contributed by atoms with E-state index in [2.05, 4.69) is 6.07 Å². The Balaban J connectivity index is 1.98. The highest BCUT2D eigenvalue weighted by Crippen LogP contribution is 2.43. The van der Waals surface area contributed by atoms with Crippen LogP contribution < -0.4 is 15.4 Å². The number of hydrogen-bond acceptors (Lipinski definition) is 8. The van der Waals surface area contributed by atoms with E-state index >= 15 is 0 Å². The molecule has 1 unspecified atom stereocenters. The van der Waals surface area contributed by atoms with Crippen molar-refractivity contribution in [2.24, 2.45) is 5.73 Å². The van der Waals surface area contributed by atoms with Crippen LogP contribution in [0.25, 0.3) is 11.1 Å². The first-order valence-corrected chi connectivity index (χ1v) is 11.3. The molecule has 37 heavy (non-hydrogen) atoms. The molecule has 1 heterocycles. The van der Waals surface area contributed by atoms with Gasteiger partial charge in [-0.2, -0.15) is 5.26 Å². The molecule has 4 rings (SSSR count). The number of nitrogens with two attached hydrogens (primary N) is 1. The van der Waals surface area contributed by atoms with Crippen LogP contribution in [0.15, 0.2) is 102 Å². The molecule has 8 heteroatoms. The summed E-state index contributed by atoms with van der Waals surface area (Å²) < 4.78 is 15.4. The van der Waals surface area contributed by atoms with Gasteiger partial charge in [0.2, 0.25) is 0 Å². The quantitative estimate of drug-likeness (QED) is 0.505. The SMILES string of the molecule is COC(=O)C1=C(C(=O)OC)N(c2cccc(-c3ccc(OC)cc3)c2)C(N)=C(C#N)C1c1ccccc1. The summed E-state index contributed by atoms with van der Waals surface area (Å²) >= 11 is 0. The molecule has 8 nitrogen and oxygen atoms in total. The van der Waals surface area contributed by atoms with Gasteiger partial charge in [0, 0.05) is 5.69 Å². The summed E-state index contributed by atoms with van der Waals surface area (Å²) in [7, 11) is 4.03. The van der Waals surface area contributed by atoms with E-state index in [1.807, 2.05) is 42.5 Å². The number of methoxy groups -OCH3 is 3. The molecule has 186 valence electrons. The van der Waals surface area contributed by atoms with Gasteiger partial charge in [-0.15, -0.1) is 0 Å². The topological polar surface area (TPSA) is 115 Å². The van der Waals surface area contributed by atoms with E-state index < -0.39 is 17.9 Å². The van der Waals surface area contributed by atoms with E-state index in [4.69, 9.17) is 19.9 Å². The Morgan fingerprint density at radius 3 is 2.14 bits per heavy atom. The van der Waals surface area contributed by atoms with Crippen LogP contribution in [0.1, 0.15) is 11.5 Å². The van der Waals surface area contributed by atoms with Crippen molar-refractivity contribution >= 4 is 17.6 Å². The second-order valence-electron chi connectivity index (χ2n) is 8.11. The fraction of sp³-hybridized carbons (Fsp3) is 0.138. The molecule has 3 aromatic carbocycles. The molecule has 1 aliphatic rings. The molecule has 0 spiro atoms. The summed E-state index contributed by atoms with van der Waals surface area (Å²) in [5.41, 5.74) is 9.31. The van der Waals surface area contributed by atoms with E-state index in [-0.39, 0.29) is 22.7 Å². The van der Waals surface area contributed by atoms with Gasteiger partial charge < -0.3 is 19.9 Å². The highest BCUT2D eigenvalue weighted by Gasteiger charge is 2.43. The van der Waals surface area contributed by atoms with Crippen LogP contribution in [0, 0.1) is 11.3 Å². The van der Waals surface area contributed by atoms with Crippen molar-refractivity contribution in [1.82, 2.24) is 0 Å². The largest absolute Gasteiger partial charge is 0.497 e. The number of ether oxygens (including phenoxy) is 3. The zero-order valence-corrected chi connectivity index (χ0v) is 20.6. The summed E-state index contributed by atoms with van der Waals surface area (Å²) in [6.07, 6.45) is 0. The number of nitriles is 1. The third-order valence-corrected chi connectivity index (χ3v) is 6.14. The third-order valence-electron chi connectivity index (χ3n) is 6.14. The molecule has 0 saturated carbocycles. The zero-order chi connectivity index (χ0) is 26.5. The van der Waals surface area contributed by atoms with E-state index in [1.165, 1.54) is 19.1 Å². The summed E-state index contributed by atoms with van der Waals surface area (Å²) in [4.78, 5) is 27.8. The number of allylic oxidation sites excluding steroid dienone is 1. The van der Waals surface area contributed by atoms with Gasteiger partial charge in [0.1, 0.15) is 17.3 Å². The standard InChI is InChI=1S/C29H25N3O5/c1-35-22-14-12-18(13-15-22)20-10-7-11-21(16-20)32-26(29(34)37-3)25(28(33)36-2)24(23(17-30)27(32)31)19-8-5-4-6-9-19/h4-16,24H,31H2,1-3H3. The molecular formula is C29H25N3O5. The Morgan fingerprint density at radius 1 is 0.865 bits per heavy atom. The molecular weight excluding hydrogens is 470 g/mol. The number of esters is 2. The average molecular weight is 496 g/mol. The lowest BCUT2D eigenvalue weighted by Gasteiger charge is -2.36. The van der Waals surface area contributed by atoms with Crippen molar-refractivity contribution in [3.8, 4) is 22.9 Å². The number of anilines is 1. The molecule has 1 aliphatic heterocycles. The highest BCUT2D eigenvalue weighted by atomic mass is 16.5. The smallest absolute Gasteiger partial charge is 0.355 e. The minimum absolute atomic E-state index is 0.0105.